The predicted octanol–water partition coefficient (Wildman–Crippen LogP) is 5.22. The first-order valence-corrected chi connectivity index (χ1v) is 8.49. The van der Waals surface area contributed by atoms with Crippen LogP contribution in [0.4, 0.5) is 5.13 Å². The second kappa shape index (κ2) is 8.05. The first kappa shape index (κ1) is 15.0. The molecule has 2 aromatic rings. The molecule has 2 nitrogen and oxygen atoms in total. The van der Waals surface area contributed by atoms with Crippen molar-refractivity contribution < 1.29 is 0 Å². The van der Waals surface area contributed by atoms with E-state index in [4.69, 9.17) is 4.98 Å². The highest BCUT2D eigenvalue weighted by Gasteiger charge is 2.11. The van der Waals surface area contributed by atoms with Crippen molar-refractivity contribution in [3.63, 3.8) is 0 Å². The molecule has 0 aliphatic heterocycles. The molecule has 108 valence electrons. The van der Waals surface area contributed by atoms with E-state index in [2.05, 4.69) is 48.4 Å². The molecule has 0 saturated carbocycles. The lowest BCUT2D eigenvalue weighted by Gasteiger charge is -2.21. The molecule has 1 aromatic carbocycles. The molecule has 0 aliphatic carbocycles. The number of hydrogen-bond acceptors (Lipinski definition) is 3. The summed E-state index contributed by atoms with van der Waals surface area (Å²) in [7, 11) is 0. The summed E-state index contributed by atoms with van der Waals surface area (Å²) >= 11 is 1.77. The van der Waals surface area contributed by atoms with Crippen LogP contribution in [0.25, 0.3) is 11.3 Å². The lowest BCUT2D eigenvalue weighted by molar-refractivity contribution is 0.676. The van der Waals surface area contributed by atoms with Crippen LogP contribution in [0.1, 0.15) is 39.5 Å². The van der Waals surface area contributed by atoms with Gasteiger partial charge in [-0.15, -0.1) is 11.3 Å². The van der Waals surface area contributed by atoms with Crippen molar-refractivity contribution in [1.82, 2.24) is 4.98 Å². The molecule has 0 amide bonds. The Labute approximate surface area is 126 Å². The van der Waals surface area contributed by atoms with Gasteiger partial charge < -0.3 is 4.90 Å². The largest absolute Gasteiger partial charge is 0.348 e. The number of rotatable bonds is 8. The Kier molecular flexibility index (Phi) is 6.06. The van der Waals surface area contributed by atoms with E-state index in [1.54, 1.807) is 11.3 Å². The van der Waals surface area contributed by atoms with Crippen LogP contribution in [0.3, 0.4) is 0 Å². The van der Waals surface area contributed by atoms with E-state index in [9.17, 15) is 0 Å². The fourth-order valence-corrected chi connectivity index (χ4v) is 3.04. The highest BCUT2D eigenvalue weighted by Crippen LogP contribution is 2.27. The number of benzene rings is 1. The SMILES string of the molecule is CCCCN(CCCC)c1nc(-c2ccccc2)cs1. The zero-order valence-corrected chi connectivity index (χ0v) is 13.3. The third-order valence-electron chi connectivity index (χ3n) is 3.40. The van der Waals surface area contributed by atoms with Crippen molar-refractivity contribution in [2.75, 3.05) is 18.0 Å². The van der Waals surface area contributed by atoms with Crippen LogP contribution < -0.4 is 4.90 Å². The highest BCUT2D eigenvalue weighted by atomic mass is 32.1. The number of hydrogen-bond donors (Lipinski definition) is 0. The van der Waals surface area contributed by atoms with Gasteiger partial charge in [0.25, 0.3) is 0 Å². The van der Waals surface area contributed by atoms with Gasteiger partial charge in [0.15, 0.2) is 5.13 Å². The Morgan fingerprint density at radius 1 is 1.00 bits per heavy atom. The van der Waals surface area contributed by atoms with Crippen LogP contribution in [0.15, 0.2) is 35.7 Å². The van der Waals surface area contributed by atoms with Crippen LogP contribution in [0.5, 0.6) is 0 Å². The normalized spacial score (nSPS) is 10.7. The molecule has 20 heavy (non-hydrogen) atoms. The molecule has 0 saturated heterocycles. The van der Waals surface area contributed by atoms with E-state index in [-0.39, 0.29) is 0 Å². The molecule has 0 unspecified atom stereocenters. The summed E-state index contributed by atoms with van der Waals surface area (Å²) in [6.07, 6.45) is 4.95. The number of nitrogens with zero attached hydrogens (tertiary/aromatic N) is 2. The summed E-state index contributed by atoms with van der Waals surface area (Å²) in [6, 6.07) is 10.4. The van der Waals surface area contributed by atoms with Crippen molar-refractivity contribution in [2.45, 2.75) is 39.5 Å². The van der Waals surface area contributed by atoms with Crippen molar-refractivity contribution in [2.24, 2.45) is 0 Å². The third-order valence-corrected chi connectivity index (χ3v) is 4.30. The average Bonchev–Trinajstić information content (AvgIpc) is 2.98. The molecule has 3 heteroatoms. The van der Waals surface area contributed by atoms with E-state index in [1.165, 1.54) is 36.4 Å². The van der Waals surface area contributed by atoms with Crippen LogP contribution in [0.2, 0.25) is 0 Å². The third kappa shape index (κ3) is 4.07. The Bertz CT molecular complexity index is 485. The first-order valence-electron chi connectivity index (χ1n) is 7.61. The average molecular weight is 288 g/mol. The Morgan fingerprint density at radius 3 is 2.25 bits per heavy atom. The smallest absolute Gasteiger partial charge is 0.185 e. The monoisotopic (exact) mass is 288 g/mol. The molecule has 0 atom stereocenters. The molecular formula is C17H24N2S. The molecule has 1 heterocycles. The number of unbranched alkanes of at least 4 members (excludes halogenated alkanes) is 2. The maximum absolute atomic E-state index is 4.83. The molecule has 0 aliphatic rings. The fraction of sp³-hybridized carbons (Fsp3) is 0.471. The molecule has 0 radical (unpaired) electrons. The van der Waals surface area contributed by atoms with Crippen LogP contribution >= 0.6 is 11.3 Å². The van der Waals surface area contributed by atoms with Gasteiger partial charge in [-0.2, -0.15) is 0 Å². The van der Waals surface area contributed by atoms with Gasteiger partial charge >= 0.3 is 0 Å². The van der Waals surface area contributed by atoms with E-state index >= 15 is 0 Å². The summed E-state index contributed by atoms with van der Waals surface area (Å²) in [5, 5.41) is 3.35. The van der Waals surface area contributed by atoms with Gasteiger partial charge in [-0.05, 0) is 12.8 Å². The zero-order chi connectivity index (χ0) is 14.2. The van der Waals surface area contributed by atoms with Gasteiger partial charge in [-0.1, -0.05) is 57.0 Å². The summed E-state index contributed by atoms with van der Waals surface area (Å²) in [5.74, 6) is 0. The van der Waals surface area contributed by atoms with Crippen LogP contribution in [-0.4, -0.2) is 18.1 Å². The second-order valence-corrected chi connectivity index (χ2v) is 5.91. The second-order valence-electron chi connectivity index (χ2n) is 5.08. The summed E-state index contributed by atoms with van der Waals surface area (Å²) in [4.78, 5) is 7.28. The predicted molar refractivity (Wildman–Crippen MR) is 89.6 cm³/mol. The molecule has 2 rings (SSSR count). The van der Waals surface area contributed by atoms with Crippen molar-refractivity contribution in [3.8, 4) is 11.3 Å². The molecule has 0 N–H and O–H groups in total. The minimum absolute atomic E-state index is 1.10. The highest BCUT2D eigenvalue weighted by molar-refractivity contribution is 7.14. The van der Waals surface area contributed by atoms with Crippen molar-refractivity contribution in [3.05, 3.63) is 35.7 Å². The Balaban J connectivity index is 2.11. The minimum atomic E-state index is 1.10. The zero-order valence-electron chi connectivity index (χ0n) is 12.5. The summed E-state index contributed by atoms with van der Waals surface area (Å²) < 4.78 is 0. The standard InChI is InChI=1S/C17H24N2S/c1-3-5-12-19(13-6-4-2)17-18-16(14-20-17)15-10-8-7-9-11-15/h7-11,14H,3-6,12-13H2,1-2H3. The summed E-state index contributed by atoms with van der Waals surface area (Å²) in [5.41, 5.74) is 2.31. The lowest BCUT2D eigenvalue weighted by Crippen LogP contribution is -2.25. The topological polar surface area (TPSA) is 16.1 Å². The number of aromatic nitrogens is 1. The van der Waals surface area contributed by atoms with E-state index < -0.39 is 0 Å². The van der Waals surface area contributed by atoms with E-state index in [0.29, 0.717) is 0 Å². The van der Waals surface area contributed by atoms with E-state index in [1.807, 2.05) is 6.07 Å². The van der Waals surface area contributed by atoms with Crippen molar-refractivity contribution >= 4 is 16.5 Å². The maximum Gasteiger partial charge on any atom is 0.185 e. The number of thiazole rings is 1. The van der Waals surface area contributed by atoms with Gasteiger partial charge in [0.2, 0.25) is 0 Å². The first-order chi connectivity index (χ1) is 9.85. The minimum Gasteiger partial charge on any atom is -0.348 e. The molecule has 0 fully saturated rings. The lowest BCUT2D eigenvalue weighted by atomic mass is 10.2. The van der Waals surface area contributed by atoms with Gasteiger partial charge in [0.05, 0.1) is 5.69 Å². The Morgan fingerprint density at radius 2 is 1.65 bits per heavy atom. The molecule has 0 spiro atoms. The fourth-order valence-electron chi connectivity index (χ4n) is 2.15. The van der Waals surface area contributed by atoms with Gasteiger partial charge in [0.1, 0.15) is 0 Å². The quantitative estimate of drug-likeness (QED) is 0.662. The molecule has 0 bridgehead atoms. The Hall–Kier alpha value is -1.35. The van der Waals surface area contributed by atoms with Gasteiger partial charge in [0, 0.05) is 24.0 Å². The van der Waals surface area contributed by atoms with E-state index in [0.717, 1.165) is 18.8 Å². The van der Waals surface area contributed by atoms with Gasteiger partial charge in [-0.25, -0.2) is 4.98 Å². The van der Waals surface area contributed by atoms with Crippen LogP contribution in [0, 0.1) is 0 Å². The van der Waals surface area contributed by atoms with Gasteiger partial charge in [-0.3, -0.25) is 0 Å². The summed E-state index contributed by atoms with van der Waals surface area (Å²) in [6.45, 7) is 6.74. The maximum atomic E-state index is 4.83. The van der Waals surface area contributed by atoms with Crippen molar-refractivity contribution in [1.29, 1.82) is 0 Å². The van der Waals surface area contributed by atoms with Crippen LogP contribution in [-0.2, 0) is 0 Å². The molecule has 1 aromatic heterocycles. The molecular weight excluding hydrogens is 264 g/mol. The number of anilines is 1.